The largest absolute Gasteiger partial charge is 0.231 e. The SMILES string of the molecule is Cc1cccc(-n2nc(-c3ccc(C)c(C)c3)c(Cl)c2-c2ccc(C)c(C)c2)c1. The van der Waals surface area contributed by atoms with Crippen molar-refractivity contribution < 1.29 is 0 Å². The number of hydrogen-bond donors (Lipinski definition) is 0. The number of nitrogens with zero attached hydrogens (tertiary/aromatic N) is 2. The molecule has 1 heterocycles. The zero-order chi connectivity index (χ0) is 20.7. The van der Waals surface area contributed by atoms with Crippen LogP contribution in [0.4, 0.5) is 0 Å². The Morgan fingerprint density at radius 1 is 0.690 bits per heavy atom. The molecular formula is C26H25ClN2. The smallest absolute Gasteiger partial charge is 0.112 e. The Balaban J connectivity index is 2.00. The second kappa shape index (κ2) is 7.53. The quantitative estimate of drug-likeness (QED) is 0.350. The minimum atomic E-state index is 0.679. The van der Waals surface area contributed by atoms with Gasteiger partial charge < -0.3 is 0 Å². The first-order valence-electron chi connectivity index (χ1n) is 9.86. The van der Waals surface area contributed by atoms with E-state index in [1.807, 2.05) is 4.68 Å². The molecule has 0 fully saturated rings. The molecule has 0 spiro atoms. The number of hydrogen-bond acceptors (Lipinski definition) is 1. The van der Waals surface area contributed by atoms with E-state index in [4.69, 9.17) is 16.7 Å². The van der Waals surface area contributed by atoms with Crippen LogP contribution in [0.2, 0.25) is 5.02 Å². The predicted octanol–water partition coefficient (Wildman–Crippen LogP) is 7.40. The topological polar surface area (TPSA) is 17.8 Å². The molecule has 0 atom stereocenters. The summed E-state index contributed by atoms with van der Waals surface area (Å²) in [4.78, 5) is 0. The lowest BCUT2D eigenvalue weighted by atomic mass is 10.0. The molecule has 29 heavy (non-hydrogen) atoms. The van der Waals surface area contributed by atoms with Gasteiger partial charge in [0.05, 0.1) is 16.4 Å². The van der Waals surface area contributed by atoms with E-state index in [-0.39, 0.29) is 0 Å². The molecule has 0 aliphatic heterocycles. The fraction of sp³-hybridized carbons (Fsp3) is 0.192. The monoisotopic (exact) mass is 400 g/mol. The van der Waals surface area contributed by atoms with E-state index in [2.05, 4.69) is 95.3 Å². The van der Waals surface area contributed by atoms with Crippen LogP contribution in [0.15, 0.2) is 60.7 Å². The Morgan fingerprint density at radius 2 is 1.31 bits per heavy atom. The number of aromatic nitrogens is 2. The first-order chi connectivity index (χ1) is 13.8. The van der Waals surface area contributed by atoms with Crippen molar-refractivity contribution in [1.82, 2.24) is 9.78 Å². The summed E-state index contributed by atoms with van der Waals surface area (Å²) in [5.74, 6) is 0. The van der Waals surface area contributed by atoms with Crippen molar-refractivity contribution in [2.24, 2.45) is 0 Å². The van der Waals surface area contributed by atoms with E-state index in [9.17, 15) is 0 Å². The van der Waals surface area contributed by atoms with Gasteiger partial charge in [0.2, 0.25) is 0 Å². The third-order valence-electron chi connectivity index (χ3n) is 5.63. The molecule has 0 radical (unpaired) electrons. The average molecular weight is 401 g/mol. The summed E-state index contributed by atoms with van der Waals surface area (Å²) in [6, 6.07) is 21.2. The minimum absolute atomic E-state index is 0.679. The summed E-state index contributed by atoms with van der Waals surface area (Å²) in [6.45, 7) is 10.6. The Labute approximate surface area is 177 Å². The molecule has 0 saturated carbocycles. The van der Waals surface area contributed by atoms with Gasteiger partial charge in [0.1, 0.15) is 5.69 Å². The van der Waals surface area contributed by atoms with Gasteiger partial charge in [0, 0.05) is 11.1 Å². The fourth-order valence-electron chi connectivity index (χ4n) is 3.56. The zero-order valence-corrected chi connectivity index (χ0v) is 18.3. The van der Waals surface area contributed by atoms with Crippen LogP contribution < -0.4 is 0 Å². The van der Waals surface area contributed by atoms with Crippen LogP contribution >= 0.6 is 11.6 Å². The van der Waals surface area contributed by atoms with Crippen molar-refractivity contribution in [2.75, 3.05) is 0 Å². The molecule has 3 heteroatoms. The predicted molar refractivity (Wildman–Crippen MR) is 123 cm³/mol. The van der Waals surface area contributed by atoms with Crippen LogP contribution in [0.3, 0.4) is 0 Å². The van der Waals surface area contributed by atoms with E-state index in [0.717, 1.165) is 28.2 Å². The Kier molecular flexibility index (Phi) is 5.06. The maximum absolute atomic E-state index is 6.99. The van der Waals surface area contributed by atoms with Gasteiger partial charge in [0.25, 0.3) is 0 Å². The molecule has 0 aliphatic rings. The maximum Gasteiger partial charge on any atom is 0.112 e. The molecule has 2 nitrogen and oxygen atoms in total. The van der Waals surface area contributed by atoms with Gasteiger partial charge >= 0.3 is 0 Å². The third kappa shape index (κ3) is 3.61. The van der Waals surface area contributed by atoms with Gasteiger partial charge in [-0.05, 0) is 86.7 Å². The first kappa shape index (κ1) is 19.5. The lowest BCUT2D eigenvalue weighted by molar-refractivity contribution is 0.890. The lowest BCUT2D eigenvalue weighted by Gasteiger charge is -2.10. The molecule has 0 unspecified atom stereocenters. The van der Waals surface area contributed by atoms with Crippen molar-refractivity contribution >= 4 is 11.6 Å². The molecule has 0 bridgehead atoms. The maximum atomic E-state index is 6.99. The minimum Gasteiger partial charge on any atom is -0.231 e. The molecule has 0 aliphatic carbocycles. The summed E-state index contributed by atoms with van der Waals surface area (Å²) in [5, 5.41) is 5.65. The highest BCUT2D eigenvalue weighted by atomic mass is 35.5. The Bertz CT molecular complexity index is 1220. The number of halogens is 1. The van der Waals surface area contributed by atoms with Crippen LogP contribution in [0.25, 0.3) is 28.2 Å². The van der Waals surface area contributed by atoms with Gasteiger partial charge in [0.15, 0.2) is 0 Å². The Hall–Kier alpha value is -2.84. The highest BCUT2D eigenvalue weighted by molar-refractivity contribution is 6.35. The molecule has 0 N–H and O–H groups in total. The number of rotatable bonds is 3. The number of benzene rings is 3. The second-order valence-corrected chi connectivity index (χ2v) is 8.24. The normalized spacial score (nSPS) is 11.1. The van der Waals surface area contributed by atoms with E-state index >= 15 is 0 Å². The van der Waals surface area contributed by atoms with Gasteiger partial charge in [-0.15, -0.1) is 0 Å². The van der Waals surface area contributed by atoms with Crippen molar-refractivity contribution in [3.63, 3.8) is 0 Å². The zero-order valence-electron chi connectivity index (χ0n) is 17.5. The van der Waals surface area contributed by atoms with Crippen molar-refractivity contribution in [3.05, 3.63) is 93.5 Å². The molecule has 1 aromatic heterocycles. The molecular weight excluding hydrogens is 376 g/mol. The van der Waals surface area contributed by atoms with Crippen LogP contribution in [0.5, 0.6) is 0 Å². The molecule has 0 saturated heterocycles. The summed E-state index contributed by atoms with van der Waals surface area (Å²) in [5.41, 5.74) is 11.0. The van der Waals surface area contributed by atoms with E-state index in [0.29, 0.717) is 5.02 Å². The van der Waals surface area contributed by atoms with Crippen molar-refractivity contribution in [2.45, 2.75) is 34.6 Å². The summed E-state index contributed by atoms with van der Waals surface area (Å²) >= 11 is 6.99. The summed E-state index contributed by atoms with van der Waals surface area (Å²) in [7, 11) is 0. The molecule has 4 rings (SSSR count). The summed E-state index contributed by atoms with van der Waals surface area (Å²) < 4.78 is 1.98. The standard InChI is InChI=1S/C26H25ClN2/c1-16-7-6-8-23(13-16)29-26(22-12-10-18(3)20(5)15-22)24(27)25(28-29)21-11-9-17(2)19(4)14-21/h6-15H,1-5H3. The van der Waals surface area contributed by atoms with E-state index in [1.165, 1.54) is 27.8 Å². The molecule has 3 aromatic carbocycles. The highest BCUT2D eigenvalue weighted by Crippen LogP contribution is 2.39. The van der Waals surface area contributed by atoms with Crippen LogP contribution in [0.1, 0.15) is 27.8 Å². The van der Waals surface area contributed by atoms with Gasteiger partial charge in [-0.25, -0.2) is 4.68 Å². The molecule has 146 valence electrons. The van der Waals surface area contributed by atoms with Crippen LogP contribution in [-0.4, -0.2) is 9.78 Å². The van der Waals surface area contributed by atoms with E-state index in [1.54, 1.807) is 0 Å². The van der Waals surface area contributed by atoms with Gasteiger partial charge in [-0.2, -0.15) is 5.10 Å². The fourth-order valence-corrected chi connectivity index (χ4v) is 3.89. The van der Waals surface area contributed by atoms with Crippen molar-refractivity contribution in [1.29, 1.82) is 0 Å². The van der Waals surface area contributed by atoms with Crippen molar-refractivity contribution in [3.8, 4) is 28.2 Å². The number of aryl methyl sites for hydroxylation is 5. The van der Waals surface area contributed by atoms with Gasteiger partial charge in [-0.1, -0.05) is 48.0 Å². The van der Waals surface area contributed by atoms with Crippen LogP contribution in [-0.2, 0) is 0 Å². The Morgan fingerprint density at radius 3 is 1.93 bits per heavy atom. The average Bonchev–Trinajstić information content (AvgIpc) is 3.03. The lowest BCUT2D eigenvalue weighted by Crippen LogP contribution is -2.00. The second-order valence-electron chi connectivity index (χ2n) is 7.86. The molecule has 0 amide bonds. The van der Waals surface area contributed by atoms with E-state index < -0.39 is 0 Å². The van der Waals surface area contributed by atoms with Crippen LogP contribution in [0, 0.1) is 34.6 Å². The highest BCUT2D eigenvalue weighted by Gasteiger charge is 2.21. The first-order valence-corrected chi connectivity index (χ1v) is 10.2. The third-order valence-corrected chi connectivity index (χ3v) is 5.99. The summed E-state index contributed by atoms with van der Waals surface area (Å²) in [6.07, 6.45) is 0. The molecule has 4 aromatic rings. The van der Waals surface area contributed by atoms with Gasteiger partial charge in [-0.3, -0.25) is 0 Å².